The van der Waals surface area contributed by atoms with Gasteiger partial charge in [0.15, 0.2) is 6.10 Å². The van der Waals surface area contributed by atoms with E-state index < -0.39 is 17.9 Å². The van der Waals surface area contributed by atoms with Crippen molar-refractivity contribution >= 4 is 23.4 Å². The molecule has 0 bridgehead atoms. The van der Waals surface area contributed by atoms with Gasteiger partial charge in [-0.15, -0.1) is 0 Å². The maximum absolute atomic E-state index is 12.1. The largest absolute Gasteiger partial charge is 0.481 e. The van der Waals surface area contributed by atoms with Crippen LogP contribution in [-0.4, -0.2) is 23.8 Å². The minimum Gasteiger partial charge on any atom is -0.481 e. The van der Waals surface area contributed by atoms with E-state index in [9.17, 15) is 14.4 Å². The Hall–Kier alpha value is -3.35. The number of carbonyl (C=O) groups is 3. The molecule has 0 aliphatic heterocycles. The molecule has 0 aliphatic rings. The molecule has 2 aromatic rings. The molecule has 3 N–H and O–H groups in total. The Morgan fingerprint density at radius 3 is 2.14 bits per heavy atom. The van der Waals surface area contributed by atoms with Crippen LogP contribution in [0, 0.1) is 0 Å². The van der Waals surface area contributed by atoms with Gasteiger partial charge in [0.25, 0.3) is 11.8 Å². The molecule has 0 unspecified atom stereocenters. The molecule has 2 aromatic carbocycles. The van der Waals surface area contributed by atoms with E-state index in [1.54, 1.807) is 50.2 Å². The van der Waals surface area contributed by atoms with Crippen LogP contribution in [-0.2, 0) is 16.0 Å². The average molecular weight is 383 g/mol. The van der Waals surface area contributed by atoms with E-state index in [0.29, 0.717) is 23.4 Å². The summed E-state index contributed by atoms with van der Waals surface area (Å²) >= 11 is 0. The topological polar surface area (TPSA) is 96.5 Å². The molecule has 1 atom stereocenters. The molecular weight excluding hydrogens is 358 g/mol. The molecule has 7 nitrogen and oxygen atoms in total. The van der Waals surface area contributed by atoms with Gasteiger partial charge in [-0.25, -0.2) is 0 Å². The van der Waals surface area contributed by atoms with Crippen LogP contribution in [0.5, 0.6) is 5.75 Å². The predicted octanol–water partition coefficient (Wildman–Crippen LogP) is 2.83. The number of carbonyl (C=O) groups excluding carboxylic acids is 3. The summed E-state index contributed by atoms with van der Waals surface area (Å²) in [4.78, 5) is 35.6. The Morgan fingerprint density at radius 1 is 0.929 bits per heavy atom. The molecule has 0 aliphatic carbocycles. The predicted molar refractivity (Wildman–Crippen MR) is 107 cm³/mol. The van der Waals surface area contributed by atoms with E-state index in [2.05, 4.69) is 23.1 Å². The third-order valence-corrected chi connectivity index (χ3v) is 4.06. The van der Waals surface area contributed by atoms with Crippen LogP contribution in [0.2, 0.25) is 0 Å². The zero-order chi connectivity index (χ0) is 20.5. The van der Waals surface area contributed by atoms with Gasteiger partial charge in [-0.1, -0.05) is 26.0 Å². The maximum atomic E-state index is 12.1. The van der Waals surface area contributed by atoms with Crippen molar-refractivity contribution in [3.63, 3.8) is 0 Å². The normalized spacial score (nSPS) is 11.2. The highest BCUT2D eigenvalue weighted by Gasteiger charge is 2.16. The van der Waals surface area contributed by atoms with Crippen molar-refractivity contribution in [3.8, 4) is 5.75 Å². The fourth-order valence-corrected chi connectivity index (χ4v) is 2.31. The number of hydrogen-bond acceptors (Lipinski definition) is 4. The van der Waals surface area contributed by atoms with Gasteiger partial charge in [0.05, 0.1) is 0 Å². The van der Waals surface area contributed by atoms with Crippen molar-refractivity contribution in [3.05, 3.63) is 59.7 Å². The van der Waals surface area contributed by atoms with Crippen LogP contribution in [0.4, 0.5) is 5.69 Å². The fourth-order valence-electron chi connectivity index (χ4n) is 2.31. The number of hydrazine groups is 1. The monoisotopic (exact) mass is 383 g/mol. The van der Waals surface area contributed by atoms with Crippen LogP contribution in [0.15, 0.2) is 48.5 Å². The minimum absolute atomic E-state index is 0.109. The first-order chi connectivity index (χ1) is 13.4. The summed E-state index contributed by atoms with van der Waals surface area (Å²) < 4.78 is 5.57. The summed E-state index contributed by atoms with van der Waals surface area (Å²) in [5.74, 6) is -0.473. The molecule has 2 rings (SSSR count). The van der Waals surface area contributed by atoms with Gasteiger partial charge < -0.3 is 10.1 Å². The molecule has 0 aromatic heterocycles. The number of rotatable bonds is 7. The third kappa shape index (κ3) is 6.12. The second-order valence-electron chi connectivity index (χ2n) is 6.18. The van der Waals surface area contributed by atoms with Gasteiger partial charge in [-0.3, -0.25) is 25.2 Å². The molecular formula is C21H25N3O4. The molecule has 28 heavy (non-hydrogen) atoms. The number of benzene rings is 2. The minimum atomic E-state index is -0.778. The SMILES string of the molecule is CCC(=O)Nc1ccc(C(=O)NNC(=O)[C@H](C)Oc2ccc(CC)cc2)cc1. The van der Waals surface area contributed by atoms with Crippen molar-refractivity contribution in [1.82, 2.24) is 10.9 Å². The second-order valence-corrected chi connectivity index (χ2v) is 6.18. The lowest BCUT2D eigenvalue weighted by Gasteiger charge is -2.15. The Balaban J connectivity index is 1.83. The van der Waals surface area contributed by atoms with E-state index in [0.717, 1.165) is 6.42 Å². The van der Waals surface area contributed by atoms with E-state index in [4.69, 9.17) is 4.74 Å². The molecule has 0 heterocycles. The Labute approximate surface area is 164 Å². The van der Waals surface area contributed by atoms with Crippen LogP contribution in [0.3, 0.4) is 0 Å². The Kier molecular flexibility index (Phi) is 7.56. The Bertz CT molecular complexity index is 817. The van der Waals surface area contributed by atoms with Crippen molar-refractivity contribution in [2.75, 3.05) is 5.32 Å². The summed E-state index contributed by atoms with van der Waals surface area (Å²) in [5.41, 5.74) is 6.82. The van der Waals surface area contributed by atoms with E-state index in [1.807, 2.05) is 12.1 Å². The van der Waals surface area contributed by atoms with Crippen molar-refractivity contribution < 1.29 is 19.1 Å². The van der Waals surface area contributed by atoms with Gasteiger partial charge in [0.2, 0.25) is 5.91 Å². The highest BCUT2D eigenvalue weighted by atomic mass is 16.5. The van der Waals surface area contributed by atoms with Crippen LogP contribution >= 0.6 is 0 Å². The molecule has 0 fully saturated rings. The molecule has 7 heteroatoms. The van der Waals surface area contributed by atoms with Crippen molar-refractivity contribution in [2.45, 2.75) is 39.7 Å². The lowest BCUT2D eigenvalue weighted by molar-refractivity contribution is -0.128. The highest BCUT2D eigenvalue weighted by molar-refractivity contribution is 5.97. The van der Waals surface area contributed by atoms with Gasteiger partial charge in [0, 0.05) is 17.7 Å². The number of aryl methyl sites for hydroxylation is 1. The van der Waals surface area contributed by atoms with Gasteiger partial charge in [-0.05, 0) is 55.3 Å². The number of anilines is 1. The molecule has 3 amide bonds. The summed E-state index contributed by atoms with van der Waals surface area (Å²) in [5, 5.41) is 2.70. The van der Waals surface area contributed by atoms with Crippen LogP contribution < -0.4 is 20.9 Å². The first-order valence-electron chi connectivity index (χ1n) is 9.18. The zero-order valence-electron chi connectivity index (χ0n) is 16.2. The lowest BCUT2D eigenvalue weighted by Crippen LogP contribution is -2.47. The average Bonchev–Trinajstić information content (AvgIpc) is 2.72. The fraction of sp³-hybridized carbons (Fsp3) is 0.286. The van der Waals surface area contributed by atoms with Crippen molar-refractivity contribution in [2.24, 2.45) is 0 Å². The van der Waals surface area contributed by atoms with Crippen LogP contribution in [0.25, 0.3) is 0 Å². The summed E-state index contributed by atoms with van der Waals surface area (Å²) in [6, 6.07) is 13.8. The maximum Gasteiger partial charge on any atom is 0.279 e. The lowest BCUT2D eigenvalue weighted by atomic mass is 10.2. The van der Waals surface area contributed by atoms with Gasteiger partial charge in [0.1, 0.15) is 5.75 Å². The summed E-state index contributed by atoms with van der Waals surface area (Å²) in [7, 11) is 0. The van der Waals surface area contributed by atoms with Crippen molar-refractivity contribution in [1.29, 1.82) is 0 Å². The second kappa shape index (κ2) is 10.1. The van der Waals surface area contributed by atoms with E-state index in [-0.39, 0.29) is 5.91 Å². The van der Waals surface area contributed by atoms with Crippen LogP contribution in [0.1, 0.15) is 43.1 Å². The zero-order valence-corrected chi connectivity index (χ0v) is 16.2. The third-order valence-electron chi connectivity index (χ3n) is 4.06. The highest BCUT2D eigenvalue weighted by Crippen LogP contribution is 2.14. The van der Waals surface area contributed by atoms with E-state index in [1.165, 1.54) is 5.56 Å². The van der Waals surface area contributed by atoms with Gasteiger partial charge in [-0.2, -0.15) is 0 Å². The first kappa shape index (κ1) is 21.0. The smallest absolute Gasteiger partial charge is 0.279 e. The number of hydrogen-bond donors (Lipinski definition) is 3. The standard InChI is InChI=1S/C21H25N3O4/c1-4-15-6-12-18(13-7-15)28-14(3)20(26)23-24-21(27)16-8-10-17(11-9-16)22-19(25)5-2/h6-14H,4-5H2,1-3H3,(H,22,25)(H,23,26)(H,24,27)/t14-/m0/s1. The molecule has 0 radical (unpaired) electrons. The summed E-state index contributed by atoms with van der Waals surface area (Å²) in [6.07, 6.45) is 0.519. The number of nitrogens with one attached hydrogen (secondary N) is 3. The molecule has 0 saturated heterocycles. The summed E-state index contributed by atoms with van der Waals surface area (Å²) in [6.45, 7) is 5.41. The first-order valence-corrected chi connectivity index (χ1v) is 9.18. The molecule has 0 spiro atoms. The number of amides is 3. The number of ether oxygens (including phenoxy) is 1. The molecule has 0 saturated carbocycles. The van der Waals surface area contributed by atoms with E-state index >= 15 is 0 Å². The molecule has 148 valence electrons. The quantitative estimate of drug-likeness (QED) is 0.641. The Morgan fingerprint density at radius 2 is 1.57 bits per heavy atom. The van der Waals surface area contributed by atoms with Gasteiger partial charge >= 0.3 is 0 Å².